The normalized spacial score (nSPS) is 22.2. The number of aromatic nitrogens is 2. The molecular weight excluding hydrogens is 442 g/mol. The molecule has 1 aromatic heterocycles. The van der Waals surface area contributed by atoms with Gasteiger partial charge >= 0.3 is 5.57 Å². The van der Waals surface area contributed by atoms with Crippen LogP contribution in [0.2, 0.25) is 0 Å². The van der Waals surface area contributed by atoms with Crippen LogP contribution >= 0.6 is 11.6 Å². The minimum atomic E-state index is -3.82. The molecule has 2 unspecified atom stereocenters. The third-order valence-corrected chi connectivity index (χ3v) is 5.93. The number of ether oxygens (including phenoxy) is 1. The van der Waals surface area contributed by atoms with Gasteiger partial charge in [0.05, 0.1) is 5.41 Å². The lowest BCUT2D eigenvalue weighted by atomic mass is 9.69. The number of alkyl halides is 3. The van der Waals surface area contributed by atoms with Gasteiger partial charge in [0.15, 0.2) is 0 Å². The van der Waals surface area contributed by atoms with Crippen LogP contribution in [0.15, 0.2) is 60.0 Å². The Kier molecular flexibility index (Phi) is 5.32. The number of H-pyrrole nitrogens is 1. The Balaban J connectivity index is 1.61. The number of hydrogen-bond donors (Lipinski definition) is 2. The number of anilines is 1. The number of hydrogen-bond acceptors (Lipinski definition) is 4. The van der Waals surface area contributed by atoms with Crippen molar-refractivity contribution in [2.24, 2.45) is 11.3 Å². The van der Waals surface area contributed by atoms with E-state index in [9.17, 15) is 18.4 Å². The van der Waals surface area contributed by atoms with Crippen LogP contribution in [0.4, 0.5) is 14.5 Å². The highest BCUT2D eigenvalue weighted by molar-refractivity contribution is 6.20. The molecule has 32 heavy (non-hydrogen) atoms. The molecule has 0 bridgehead atoms. The lowest BCUT2D eigenvalue weighted by Crippen LogP contribution is -2.32. The monoisotopic (exact) mass is 462 g/mol. The molecule has 0 saturated carbocycles. The second-order valence-electron chi connectivity index (χ2n) is 8.32. The molecule has 2 heterocycles. The molecule has 1 aliphatic heterocycles. The largest absolute Gasteiger partial charge is 0.487 e. The summed E-state index contributed by atoms with van der Waals surface area (Å²) in [6.45, 7) is 3.79. The van der Waals surface area contributed by atoms with Crippen LogP contribution in [0.1, 0.15) is 25.5 Å². The first-order chi connectivity index (χ1) is 15.0. The lowest BCUT2D eigenvalue weighted by Gasteiger charge is -2.32. The quantitative estimate of drug-likeness (QED) is 0.651. The van der Waals surface area contributed by atoms with Crippen LogP contribution < -0.4 is 10.1 Å². The fourth-order valence-electron chi connectivity index (χ4n) is 4.38. The number of amides is 2. The molecule has 168 valence electrons. The van der Waals surface area contributed by atoms with Crippen molar-refractivity contribution in [3.05, 3.63) is 65.6 Å². The Morgan fingerprint density at radius 1 is 1.28 bits per heavy atom. The van der Waals surface area contributed by atoms with E-state index in [0.717, 1.165) is 11.4 Å². The van der Waals surface area contributed by atoms with Gasteiger partial charge in [-0.3, -0.25) is 14.7 Å². The standard InChI is InChI=1S/C22H21ClF2N4O3/c1-21(2)18-15(16-8-9-26-28-16)10-12(11-17(18)29(3)20(21)31)19(30)27-13-4-6-14(7-5-13)32-22(23,24)25/h4-11,15,18H,1-3H3,(H,26,28)(H,27,30). The molecule has 1 saturated heterocycles. The van der Waals surface area contributed by atoms with Crippen molar-refractivity contribution < 1.29 is 23.1 Å². The number of halogens is 3. The summed E-state index contributed by atoms with van der Waals surface area (Å²) in [6, 6.07) is 7.22. The van der Waals surface area contributed by atoms with Crippen molar-refractivity contribution in [2.75, 3.05) is 12.4 Å². The molecule has 4 rings (SSSR count). The van der Waals surface area contributed by atoms with E-state index in [4.69, 9.17) is 11.6 Å². The maximum atomic E-state index is 13.0. The predicted octanol–water partition coefficient (Wildman–Crippen LogP) is 4.24. The smallest absolute Gasteiger partial charge is 0.420 e. The van der Waals surface area contributed by atoms with E-state index in [-0.39, 0.29) is 23.5 Å². The Bertz CT molecular complexity index is 1110. The minimum absolute atomic E-state index is 0.0278. The highest BCUT2D eigenvalue weighted by Crippen LogP contribution is 2.52. The molecule has 1 fully saturated rings. The summed E-state index contributed by atoms with van der Waals surface area (Å²) in [6.07, 6.45) is 5.16. The van der Waals surface area contributed by atoms with Crippen LogP contribution in [0.5, 0.6) is 5.75 Å². The van der Waals surface area contributed by atoms with E-state index in [2.05, 4.69) is 20.3 Å². The van der Waals surface area contributed by atoms with Crippen LogP contribution in [0, 0.1) is 11.3 Å². The number of allylic oxidation sites excluding steroid dienone is 2. The van der Waals surface area contributed by atoms with Gasteiger partial charge in [-0.1, -0.05) is 19.9 Å². The zero-order valence-electron chi connectivity index (χ0n) is 17.5. The summed E-state index contributed by atoms with van der Waals surface area (Å²) in [5, 5.41) is 9.71. The zero-order chi connectivity index (χ0) is 23.3. The second kappa shape index (κ2) is 7.74. The number of nitrogens with zero attached hydrogens (tertiary/aromatic N) is 2. The summed E-state index contributed by atoms with van der Waals surface area (Å²) >= 11 is 4.76. The molecule has 1 aromatic carbocycles. The van der Waals surface area contributed by atoms with E-state index in [1.165, 1.54) is 24.3 Å². The Hall–Kier alpha value is -3.20. The number of likely N-dealkylation sites (tertiary alicyclic amines) is 1. The molecule has 7 nitrogen and oxygen atoms in total. The average molecular weight is 463 g/mol. The summed E-state index contributed by atoms with van der Waals surface area (Å²) in [5.41, 5.74) is -2.17. The van der Waals surface area contributed by atoms with E-state index >= 15 is 0 Å². The molecule has 0 radical (unpaired) electrons. The number of fused-ring (bicyclic) bond motifs is 1. The summed E-state index contributed by atoms with van der Waals surface area (Å²) in [5.74, 6) is -0.991. The van der Waals surface area contributed by atoms with Crippen molar-refractivity contribution in [1.82, 2.24) is 15.1 Å². The van der Waals surface area contributed by atoms with Gasteiger partial charge in [-0.2, -0.15) is 5.10 Å². The van der Waals surface area contributed by atoms with Gasteiger partial charge in [0.25, 0.3) is 5.91 Å². The highest BCUT2D eigenvalue weighted by atomic mass is 35.5. The average Bonchev–Trinajstić information content (AvgIpc) is 3.31. The van der Waals surface area contributed by atoms with Gasteiger partial charge in [0.2, 0.25) is 5.91 Å². The lowest BCUT2D eigenvalue weighted by molar-refractivity contribution is -0.133. The minimum Gasteiger partial charge on any atom is -0.420 e. The summed E-state index contributed by atoms with van der Waals surface area (Å²) in [7, 11) is 1.70. The topological polar surface area (TPSA) is 87.3 Å². The van der Waals surface area contributed by atoms with Crippen molar-refractivity contribution in [1.29, 1.82) is 0 Å². The first-order valence-corrected chi connectivity index (χ1v) is 10.2. The first kappa shape index (κ1) is 22.0. The third-order valence-electron chi connectivity index (χ3n) is 5.85. The molecule has 2 N–H and O–H groups in total. The van der Waals surface area contributed by atoms with Gasteiger partial charge in [-0.15, -0.1) is 8.78 Å². The summed E-state index contributed by atoms with van der Waals surface area (Å²) < 4.78 is 29.8. The third kappa shape index (κ3) is 4.00. The fraction of sp³-hybridized carbons (Fsp3) is 0.318. The number of rotatable bonds is 5. The van der Waals surface area contributed by atoms with Gasteiger partial charge in [-0.25, -0.2) is 0 Å². The van der Waals surface area contributed by atoms with Crippen LogP contribution in [-0.4, -0.2) is 39.5 Å². The van der Waals surface area contributed by atoms with Gasteiger partial charge < -0.3 is 15.0 Å². The number of benzene rings is 1. The van der Waals surface area contributed by atoms with Crippen molar-refractivity contribution in [3.8, 4) is 5.75 Å². The van der Waals surface area contributed by atoms with Crippen LogP contribution in [-0.2, 0) is 9.59 Å². The van der Waals surface area contributed by atoms with Crippen LogP contribution in [0.25, 0.3) is 0 Å². The molecule has 2 aliphatic rings. The van der Waals surface area contributed by atoms with Crippen LogP contribution in [0.3, 0.4) is 0 Å². The maximum Gasteiger partial charge on any atom is 0.487 e. The van der Waals surface area contributed by atoms with Crippen molar-refractivity contribution >= 4 is 29.1 Å². The van der Waals surface area contributed by atoms with Crippen molar-refractivity contribution in [3.63, 3.8) is 0 Å². The number of carbonyl (C=O) groups is 2. The Morgan fingerprint density at radius 3 is 2.56 bits per heavy atom. The maximum absolute atomic E-state index is 13.0. The van der Waals surface area contributed by atoms with E-state index in [1.54, 1.807) is 24.2 Å². The summed E-state index contributed by atoms with van der Waals surface area (Å²) in [4.78, 5) is 27.5. The first-order valence-electron chi connectivity index (χ1n) is 9.85. The van der Waals surface area contributed by atoms with E-state index < -0.39 is 16.9 Å². The molecule has 0 spiro atoms. The molecule has 2 amide bonds. The van der Waals surface area contributed by atoms with Crippen molar-refractivity contribution in [2.45, 2.75) is 25.3 Å². The molecular formula is C22H21ClF2N4O3. The fourth-order valence-corrected chi connectivity index (χ4v) is 4.47. The molecule has 2 atom stereocenters. The van der Waals surface area contributed by atoms with Gasteiger partial charge in [0.1, 0.15) is 5.75 Å². The molecule has 10 heteroatoms. The number of carbonyl (C=O) groups excluding carboxylic acids is 2. The number of nitrogens with one attached hydrogen (secondary N) is 2. The van der Waals surface area contributed by atoms with E-state index in [0.29, 0.717) is 11.3 Å². The van der Waals surface area contributed by atoms with E-state index in [1.807, 2.05) is 26.0 Å². The SMILES string of the molecule is CN1C(=O)C(C)(C)C2C1=CC(C(=O)Nc1ccc(OC(F)(F)Cl)cc1)=CC2c1ccn[nH]1. The molecule has 2 aromatic rings. The second-order valence-corrected chi connectivity index (χ2v) is 8.76. The predicted molar refractivity (Wildman–Crippen MR) is 114 cm³/mol. The van der Waals surface area contributed by atoms with Gasteiger partial charge in [-0.05, 0) is 36.4 Å². The number of aromatic amines is 1. The molecule has 1 aliphatic carbocycles. The Morgan fingerprint density at radius 2 is 1.97 bits per heavy atom. The zero-order valence-corrected chi connectivity index (χ0v) is 18.3. The highest BCUT2D eigenvalue weighted by Gasteiger charge is 2.53. The van der Waals surface area contributed by atoms with Gasteiger partial charge in [0, 0.05) is 59.3 Å². The Labute approximate surface area is 188 Å².